The summed E-state index contributed by atoms with van der Waals surface area (Å²) < 4.78 is 13.8. The Kier molecular flexibility index (Phi) is 6.45. The fourth-order valence-electron chi connectivity index (χ4n) is 4.03. The molecule has 0 saturated heterocycles. The van der Waals surface area contributed by atoms with Gasteiger partial charge in [-0.25, -0.2) is 4.98 Å². The summed E-state index contributed by atoms with van der Waals surface area (Å²) in [6.07, 6.45) is 7.43. The molecule has 0 radical (unpaired) electrons. The number of fused-ring (bicyclic) bond motifs is 3. The highest BCUT2D eigenvalue weighted by Gasteiger charge is 2.20. The van der Waals surface area contributed by atoms with Gasteiger partial charge in [-0.05, 0) is 77.1 Å². The molecule has 2 heterocycles. The smallest absolute Gasteiger partial charge is 0.282 e. The summed E-state index contributed by atoms with van der Waals surface area (Å²) in [6, 6.07) is 13.8. The molecule has 0 spiro atoms. The first kappa shape index (κ1) is 22.1. The van der Waals surface area contributed by atoms with Gasteiger partial charge < -0.3 is 9.47 Å². The van der Waals surface area contributed by atoms with E-state index < -0.39 is 0 Å². The Bertz CT molecular complexity index is 1400. The maximum absolute atomic E-state index is 13.1. The Balaban J connectivity index is 1.42. The van der Waals surface area contributed by atoms with E-state index in [0.717, 1.165) is 44.2 Å². The van der Waals surface area contributed by atoms with Gasteiger partial charge in [0.2, 0.25) is 0 Å². The van der Waals surface area contributed by atoms with Crippen LogP contribution in [0.4, 0.5) is 0 Å². The van der Waals surface area contributed by atoms with E-state index in [1.54, 1.807) is 24.7 Å². The average Bonchev–Trinajstić information content (AvgIpc) is 3.22. The van der Waals surface area contributed by atoms with Crippen molar-refractivity contribution < 1.29 is 9.47 Å². The largest absolute Gasteiger partial charge is 0.493 e. The number of rotatable bonds is 6. The molecule has 0 N–H and O–H groups in total. The van der Waals surface area contributed by atoms with E-state index in [0.29, 0.717) is 18.1 Å². The predicted octanol–water partition coefficient (Wildman–Crippen LogP) is 5.41. The maximum Gasteiger partial charge on any atom is 0.282 e. The van der Waals surface area contributed by atoms with Crippen LogP contribution >= 0.6 is 33.9 Å². The van der Waals surface area contributed by atoms with Crippen LogP contribution in [0.25, 0.3) is 10.2 Å². The minimum Gasteiger partial charge on any atom is -0.493 e. The van der Waals surface area contributed by atoms with E-state index in [-0.39, 0.29) is 5.56 Å². The maximum atomic E-state index is 13.1. The van der Waals surface area contributed by atoms with Crippen LogP contribution in [-0.4, -0.2) is 23.0 Å². The molecular weight excluding hydrogens is 549 g/mol. The third kappa shape index (κ3) is 4.54. The topological polar surface area (TPSA) is 65.7 Å². The lowest BCUT2D eigenvalue weighted by Crippen LogP contribution is -2.18. The molecule has 4 aromatic rings. The van der Waals surface area contributed by atoms with Gasteiger partial charge in [0, 0.05) is 4.88 Å². The predicted molar refractivity (Wildman–Crippen MR) is 140 cm³/mol. The first-order valence-electron chi connectivity index (χ1n) is 10.7. The number of ether oxygens (including phenoxy) is 2. The van der Waals surface area contributed by atoms with Gasteiger partial charge in [-0.1, -0.05) is 30.3 Å². The molecule has 1 aliphatic carbocycles. The minimum atomic E-state index is -0.111. The number of hydrogen-bond acceptors (Lipinski definition) is 6. The number of benzene rings is 2. The summed E-state index contributed by atoms with van der Waals surface area (Å²) in [5, 5.41) is 5.14. The number of thiophene rings is 1. The zero-order chi connectivity index (χ0) is 22.8. The Morgan fingerprint density at radius 3 is 2.85 bits per heavy atom. The van der Waals surface area contributed by atoms with Gasteiger partial charge in [0.05, 0.1) is 22.3 Å². The molecule has 2 aromatic carbocycles. The average molecular weight is 571 g/mol. The van der Waals surface area contributed by atoms with Gasteiger partial charge >= 0.3 is 0 Å². The van der Waals surface area contributed by atoms with Crippen molar-refractivity contribution in [2.24, 2.45) is 5.10 Å². The monoisotopic (exact) mass is 571 g/mol. The van der Waals surface area contributed by atoms with Crippen molar-refractivity contribution in [2.45, 2.75) is 32.3 Å². The van der Waals surface area contributed by atoms with Gasteiger partial charge in [0.25, 0.3) is 5.56 Å². The van der Waals surface area contributed by atoms with Crippen LogP contribution in [-0.2, 0) is 19.4 Å². The SMILES string of the molecule is COc1cc(/C=N\n2cnc3sc4c(c3c2=O)CCCC4)cc(I)c1OCc1ccccc1. The van der Waals surface area contributed by atoms with E-state index in [1.165, 1.54) is 27.9 Å². The highest BCUT2D eigenvalue weighted by Crippen LogP contribution is 2.35. The highest BCUT2D eigenvalue weighted by molar-refractivity contribution is 14.1. The quantitative estimate of drug-likeness (QED) is 0.229. The normalized spacial score (nSPS) is 13.4. The van der Waals surface area contributed by atoms with Crippen LogP contribution in [0.1, 0.15) is 34.4 Å². The Morgan fingerprint density at radius 2 is 2.03 bits per heavy atom. The molecule has 0 unspecified atom stereocenters. The Hall–Kier alpha value is -2.72. The third-order valence-electron chi connectivity index (χ3n) is 5.67. The lowest BCUT2D eigenvalue weighted by atomic mass is 9.97. The molecule has 168 valence electrons. The van der Waals surface area contributed by atoms with Crippen molar-refractivity contribution in [2.75, 3.05) is 7.11 Å². The molecule has 0 amide bonds. The summed E-state index contributed by atoms with van der Waals surface area (Å²) in [4.78, 5) is 19.7. The number of methoxy groups -OCH3 is 1. The van der Waals surface area contributed by atoms with Crippen LogP contribution in [0, 0.1) is 3.57 Å². The molecular formula is C25H22IN3O3S. The van der Waals surface area contributed by atoms with Crippen LogP contribution in [0.15, 0.2) is 58.7 Å². The lowest BCUT2D eigenvalue weighted by Gasteiger charge is -2.13. The molecule has 2 aromatic heterocycles. The van der Waals surface area contributed by atoms with Crippen molar-refractivity contribution in [1.82, 2.24) is 9.66 Å². The van der Waals surface area contributed by atoms with E-state index in [1.807, 2.05) is 42.5 Å². The second-order valence-corrected chi connectivity index (χ2v) is 10.1. The van der Waals surface area contributed by atoms with Crippen molar-refractivity contribution >= 4 is 50.4 Å². The standard InChI is InChI=1S/C25H22IN3O3S/c1-31-20-12-17(11-19(26)23(20)32-14-16-7-3-2-4-8-16)13-28-29-15-27-24-22(25(29)30)18-9-5-6-10-21(18)33-24/h2-4,7-8,11-13,15H,5-6,9-10,14H2,1H3/b28-13-. The van der Waals surface area contributed by atoms with Crippen LogP contribution in [0.3, 0.4) is 0 Å². The molecule has 33 heavy (non-hydrogen) atoms. The number of hydrogen-bond donors (Lipinski definition) is 0. The number of aryl methyl sites for hydroxylation is 2. The summed E-state index contributed by atoms with van der Waals surface area (Å²) in [5.41, 5.74) is 2.95. The summed E-state index contributed by atoms with van der Waals surface area (Å²) in [7, 11) is 1.61. The van der Waals surface area contributed by atoms with Crippen molar-refractivity contribution in [3.63, 3.8) is 0 Å². The van der Waals surface area contributed by atoms with E-state index >= 15 is 0 Å². The van der Waals surface area contributed by atoms with Gasteiger partial charge in [-0.2, -0.15) is 9.78 Å². The molecule has 0 atom stereocenters. The molecule has 5 rings (SSSR count). The van der Waals surface area contributed by atoms with E-state index in [9.17, 15) is 4.79 Å². The van der Waals surface area contributed by atoms with E-state index in [4.69, 9.17) is 9.47 Å². The fraction of sp³-hybridized carbons (Fsp3) is 0.240. The fourth-order valence-corrected chi connectivity index (χ4v) is 6.03. The zero-order valence-corrected chi connectivity index (χ0v) is 21.1. The second kappa shape index (κ2) is 9.64. The van der Waals surface area contributed by atoms with Crippen LogP contribution < -0.4 is 15.0 Å². The first-order chi connectivity index (χ1) is 16.1. The van der Waals surface area contributed by atoms with Gasteiger partial charge in [0.1, 0.15) is 17.8 Å². The highest BCUT2D eigenvalue weighted by atomic mass is 127. The number of halogens is 1. The summed E-state index contributed by atoms with van der Waals surface area (Å²) in [6.45, 7) is 0.451. The molecule has 1 aliphatic rings. The van der Waals surface area contributed by atoms with Crippen molar-refractivity contribution in [3.05, 3.63) is 84.3 Å². The first-order valence-corrected chi connectivity index (χ1v) is 12.6. The minimum absolute atomic E-state index is 0.111. The Labute approximate surface area is 209 Å². The van der Waals surface area contributed by atoms with Gasteiger partial charge in [-0.15, -0.1) is 11.3 Å². The third-order valence-corrected chi connectivity index (χ3v) is 7.67. The number of nitrogens with zero attached hydrogens (tertiary/aromatic N) is 3. The molecule has 0 bridgehead atoms. The second-order valence-electron chi connectivity index (χ2n) is 7.84. The van der Waals surface area contributed by atoms with Crippen LogP contribution in [0.2, 0.25) is 0 Å². The summed E-state index contributed by atoms with van der Waals surface area (Å²) >= 11 is 3.87. The Morgan fingerprint density at radius 1 is 1.21 bits per heavy atom. The number of aromatic nitrogens is 2. The van der Waals surface area contributed by atoms with Crippen molar-refractivity contribution in [1.29, 1.82) is 0 Å². The summed E-state index contributed by atoms with van der Waals surface area (Å²) in [5.74, 6) is 1.30. The van der Waals surface area contributed by atoms with Gasteiger partial charge in [0.15, 0.2) is 11.5 Å². The van der Waals surface area contributed by atoms with Gasteiger partial charge in [-0.3, -0.25) is 4.79 Å². The molecule has 6 nitrogen and oxygen atoms in total. The van der Waals surface area contributed by atoms with Crippen LogP contribution in [0.5, 0.6) is 11.5 Å². The van der Waals surface area contributed by atoms with Crippen molar-refractivity contribution in [3.8, 4) is 11.5 Å². The zero-order valence-electron chi connectivity index (χ0n) is 18.1. The lowest BCUT2D eigenvalue weighted by molar-refractivity contribution is 0.282. The molecule has 0 saturated carbocycles. The van der Waals surface area contributed by atoms with E-state index in [2.05, 4.69) is 32.7 Å². The molecule has 8 heteroatoms. The molecule has 0 fully saturated rings. The molecule has 0 aliphatic heterocycles.